The molecule has 0 radical (unpaired) electrons. The highest BCUT2D eigenvalue weighted by molar-refractivity contribution is 6.01. The molecule has 0 fully saturated rings. The first-order chi connectivity index (χ1) is 11.6. The van der Waals surface area contributed by atoms with Crippen LogP contribution in [-0.2, 0) is 0 Å². The lowest BCUT2D eigenvalue weighted by molar-refractivity contribution is 0.101. The Morgan fingerprint density at radius 3 is 2.83 bits per heavy atom. The van der Waals surface area contributed by atoms with E-state index >= 15 is 0 Å². The maximum absolute atomic E-state index is 12.6. The third-order valence-corrected chi connectivity index (χ3v) is 3.90. The van der Waals surface area contributed by atoms with Gasteiger partial charge in [-0.1, -0.05) is 18.2 Å². The van der Waals surface area contributed by atoms with E-state index in [1.54, 1.807) is 35.0 Å². The number of hydrogen-bond acceptors (Lipinski definition) is 4. The number of benzene rings is 1. The van der Waals surface area contributed by atoms with Crippen molar-refractivity contribution in [2.24, 2.45) is 0 Å². The largest absolute Gasteiger partial charge is 0.280 e. The number of nitrogens with one attached hydrogen (secondary N) is 1. The second-order valence-electron chi connectivity index (χ2n) is 5.41. The maximum Gasteiger partial charge on any atom is 0.280 e. The fourth-order valence-corrected chi connectivity index (χ4v) is 2.64. The summed E-state index contributed by atoms with van der Waals surface area (Å²) in [6, 6.07) is 10.7. The zero-order chi connectivity index (χ0) is 16.7. The topological polar surface area (TPSA) is 81.3 Å². The Morgan fingerprint density at radius 2 is 2.00 bits per heavy atom. The molecule has 118 valence electrons. The van der Waals surface area contributed by atoms with Crippen LogP contribution >= 0.6 is 0 Å². The molecule has 0 saturated heterocycles. The molecule has 0 unspecified atom stereocenters. The third-order valence-electron chi connectivity index (χ3n) is 3.90. The number of aryl methyl sites for hydroxylation is 1. The summed E-state index contributed by atoms with van der Waals surface area (Å²) < 4.78 is 2.75. The molecule has 0 saturated carbocycles. The normalized spacial score (nSPS) is 11.0. The summed E-state index contributed by atoms with van der Waals surface area (Å²) in [5.41, 5.74) is 4.89. The van der Waals surface area contributed by atoms with Crippen LogP contribution in [0.2, 0.25) is 0 Å². The van der Waals surface area contributed by atoms with Crippen molar-refractivity contribution in [1.29, 1.82) is 0 Å². The summed E-state index contributed by atoms with van der Waals surface area (Å²) in [5, 5.41) is 4.53. The fourth-order valence-electron chi connectivity index (χ4n) is 2.64. The van der Waals surface area contributed by atoms with Crippen molar-refractivity contribution in [3.05, 3.63) is 76.5 Å². The van der Waals surface area contributed by atoms with Crippen LogP contribution in [0.25, 0.3) is 16.6 Å². The van der Waals surface area contributed by atoms with E-state index in [-0.39, 0.29) is 11.5 Å². The summed E-state index contributed by atoms with van der Waals surface area (Å²) >= 11 is 0. The molecule has 0 atom stereocenters. The summed E-state index contributed by atoms with van der Waals surface area (Å²) in [5.74, 6) is -0.345. The second kappa shape index (κ2) is 5.31. The third kappa shape index (κ3) is 2.14. The van der Waals surface area contributed by atoms with E-state index in [9.17, 15) is 9.59 Å². The van der Waals surface area contributed by atoms with E-state index in [4.69, 9.17) is 0 Å². The second-order valence-corrected chi connectivity index (χ2v) is 5.41. The van der Waals surface area contributed by atoms with Crippen LogP contribution in [0.5, 0.6) is 0 Å². The van der Waals surface area contributed by atoms with Gasteiger partial charge in [-0.05, 0) is 24.6 Å². The van der Waals surface area contributed by atoms with Crippen molar-refractivity contribution in [3.8, 4) is 0 Å². The predicted octanol–water partition coefficient (Wildman–Crippen LogP) is 1.74. The van der Waals surface area contributed by atoms with Crippen LogP contribution in [0.15, 0.2) is 59.8 Å². The molecule has 24 heavy (non-hydrogen) atoms. The Labute approximate surface area is 136 Å². The lowest BCUT2D eigenvalue weighted by atomic mass is 10.1. The van der Waals surface area contributed by atoms with Crippen LogP contribution in [-0.4, -0.2) is 25.2 Å². The van der Waals surface area contributed by atoms with Gasteiger partial charge in [-0.25, -0.2) is 14.2 Å². The lowest BCUT2D eigenvalue weighted by Crippen LogP contribution is -2.33. The number of fused-ring (bicyclic) bond motifs is 3. The zero-order valence-corrected chi connectivity index (χ0v) is 12.8. The van der Waals surface area contributed by atoms with Gasteiger partial charge in [0.2, 0.25) is 0 Å². The molecule has 3 heterocycles. The van der Waals surface area contributed by atoms with Crippen molar-refractivity contribution in [2.75, 3.05) is 5.43 Å². The minimum Gasteiger partial charge on any atom is -0.267 e. The molecule has 0 aliphatic carbocycles. The lowest BCUT2D eigenvalue weighted by Gasteiger charge is -2.10. The maximum atomic E-state index is 12.6. The van der Waals surface area contributed by atoms with Crippen molar-refractivity contribution >= 4 is 22.5 Å². The molecule has 7 nitrogen and oxygen atoms in total. The fraction of sp³-hybridized carbons (Fsp3) is 0.0588. The molecule has 0 spiro atoms. The van der Waals surface area contributed by atoms with Gasteiger partial charge in [0.15, 0.2) is 5.65 Å². The van der Waals surface area contributed by atoms with Gasteiger partial charge in [0.25, 0.3) is 11.5 Å². The van der Waals surface area contributed by atoms with Crippen molar-refractivity contribution in [3.63, 3.8) is 0 Å². The molecule has 1 amide bonds. The summed E-state index contributed by atoms with van der Waals surface area (Å²) in [7, 11) is 0. The Bertz CT molecular complexity index is 1140. The van der Waals surface area contributed by atoms with Crippen LogP contribution in [0, 0.1) is 6.92 Å². The Kier molecular flexibility index (Phi) is 3.13. The van der Waals surface area contributed by atoms with E-state index in [2.05, 4.69) is 15.5 Å². The highest BCUT2D eigenvalue weighted by Crippen LogP contribution is 2.11. The van der Waals surface area contributed by atoms with E-state index in [1.165, 1.54) is 12.4 Å². The Balaban J connectivity index is 1.79. The molecule has 0 aliphatic rings. The molecule has 3 aromatic heterocycles. The SMILES string of the molecule is Cc1ccccc1C(=O)Nn1ccc2c(cnc3ccnn32)c1=O. The first-order valence-electron chi connectivity index (χ1n) is 7.36. The van der Waals surface area contributed by atoms with Gasteiger partial charge in [0.1, 0.15) is 0 Å². The number of hydrogen-bond donors (Lipinski definition) is 1. The number of nitrogens with zero attached hydrogens (tertiary/aromatic N) is 4. The average molecular weight is 319 g/mol. The van der Waals surface area contributed by atoms with Crippen molar-refractivity contribution in [2.45, 2.75) is 6.92 Å². The first kappa shape index (κ1) is 14.1. The molecule has 1 aromatic carbocycles. The van der Waals surface area contributed by atoms with E-state index < -0.39 is 0 Å². The van der Waals surface area contributed by atoms with Gasteiger partial charge in [0.05, 0.1) is 17.1 Å². The molecule has 0 bridgehead atoms. The molecule has 7 heteroatoms. The van der Waals surface area contributed by atoms with Crippen LogP contribution in [0.1, 0.15) is 15.9 Å². The number of carbonyl (C=O) groups excluding carboxylic acids is 1. The number of carbonyl (C=O) groups is 1. The number of rotatable bonds is 2. The summed E-state index contributed by atoms with van der Waals surface area (Å²) in [6.07, 6.45) is 4.63. The molecular formula is C17H13N5O2. The Morgan fingerprint density at radius 1 is 1.17 bits per heavy atom. The molecule has 0 aliphatic heterocycles. The number of amides is 1. The average Bonchev–Trinajstić information content (AvgIpc) is 3.06. The van der Waals surface area contributed by atoms with Gasteiger partial charge in [-0.15, -0.1) is 0 Å². The van der Waals surface area contributed by atoms with Crippen molar-refractivity contribution in [1.82, 2.24) is 19.3 Å². The van der Waals surface area contributed by atoms with Crippen molar-refractivity contribution < 1.29 is 4.79 Å². The van der Waals surface area contributed by atoms with Gasteiger partial charge in [-0.3, -0.25) is 15.0 Å². The molecular weight excluding hydrogens is 306 g/mol. The Hall–Kier alpha value is -3.48. The highest BCUT2D eigenvalue weighted by atomic mass is 16.2. The van der Waals surface area contributed by atoms with E-state index in [0.29, 0.717) is 22.1 Å². The smallest absolute Gasteiger partial charge is 0.267 e. The van der Waals surface area contributed by atoms with Crippen LogP contribution in [0.3, 0.4) is 0 Å². The minimum absolute atomic E-state index is 0.345. The summed E-state index contributed by atoms with van der Waals surface area (Å²) in [6.45, 7) is 1.84. The van der Waals surface area contributed by atoms with Gasteiger partial charge in [0, 0.05) is 24.0 Å². The first-order valence-corrected chi connectivity index (χ1v) is 7.36. The van der Waals surface area contributed by atoms with E-state index in [0.717, 1.165) is 10.2 Å². The predicted molar refractivity (Wildman–Crippen MR) is 89.6 cm³/mol. The molecule has 1 N–H and O–H groups in total. The number of aromatic nitrogens is 4. The highest BCUT2D eigenvalue weighted by Gasteiger charge is 2.12. The quantitative estimate of drug-likeness (QED) is 0.610. The molecule has 4 aromatic rings. The van der Waals surface area contributed by atoms with Gasteiger partial charge < -0.3 is 0 Å². The standard InChI is InChI=1S/C17H13N5O2/c1-11-4-2-3-5-12(11)16(23)20-21-9-7-14-13(17(21)24)10-18-15-6-8-19-22(14)15/h2-10H,1H3,(H,20,23). The van der Waals surface area contributed by atoms with E-state index in [1.807, 2.05) is 19.1 Å². The zero-order valence-electron chi connectivity index (χ0n) is 12.8. The van der Waals surface area contributed by atoms with Gasteiger partial charge >= 0.3 is 0 Å². The van der Waals surface area contributed by atoms with Crippen LogP contribution in [0.4, 0.5) is 0 Å². The minimum atomic E-state index is -0.362. The number of pyridine rings is 1. The van der Waals surface area contributed by atoms with Gasteiger partial charge in [-0.2, -0.15) is 5.10 Å². The molecule has 4 rings (SSSR count). The monoisotopic (exact) mass is 319 g/mol. The van der Waals surface area contributed by atoms with Crippen LogP contribution < -0.4 is 11.0 Å². The summed E-state index contributed by atoms with van der Waals surface area (Å²) in [4.78, 5) is 29.2.